The fraction of sp³-hybridized carbons (Fsp3) is 0.417. The highest BCUT2D eigenvalue weighted by atomic mass is 35.5. The summed E-state index contributed by atoms with van der Waals surface area (Å²) in [5, 5.41) is 21.3. The van der Waals surface area contributed by atoms with E-state index < -0.39 is 0 Å². The summed E-state index contributed by atoms with van der Waals surface area (Å²) >= 11 is 6.09. The highest BCUT2D eigenvalue weighted by Crippen LogP contribution is 2.27. The molecule has 0 amide bonds. The first-order valence-electron chi connectivity index (χ1n) is 5.76. The van der Waals surface area contributed by atoms with Gasteiger partial charge in [0.05, 0.1) is 23.8 Å². The molecular formula is C12H18ClN3O3. The monoisotopic (exact) mass is 287 g/mol. The fourth-order valence-corrected chi connectivity index (χ4v) is 2.02. The molecule has 4 N–H and O–H groups in total. The topological polar surface area (TPSA) is 91.3 Å². The van der Waals surface area contributed by atoms with Crippen LogP contribution in [-0.4, -0.2) is 49.6 Å². The largest absolute Gasteiger partial charge is 0.409 e. The average Bonchev–Trinajstić information content (AvgIpc) is 2.42. The molecular weight excluding hydrogens is 270 g/mol. The van der Waals surface area contributed by atoms with Gasteiger partial charge in [-0.05, 0) is 12.1 Å². The van der Waals surface area contributed by atoms with E-state index in [0.717, 1.165) is 0 Å². The molecule has 0 saturated carbocycles. The number of halogens is 1. The lowest BCUT2D eigenvalue weighted by atomic mass is 10.1. The molecule has 0 unspecified atom stereocenters. The van der Waals surface area contributed by atoms with E-state index in [2.05, 4.69) is 5.16 Å². The highest BCUT2D eigenvalue weighted by Gasteiger charge is 2.16. The van der Waals surface area contributed by atoms with Crippen LogP contribution in [0.2, 0.25) is 5.02 Å². The van der Waals surface area contributed by atoms with Crippen molar-refractivity contribution in [3.8, 4) is 0 Å². The number of oxime groups is 1. The number of benzene rings is 1. The Kier molecular flexibility index (Phi) is 6.41. The van der Waals surface area contributed by atoms with Gasteiger partial charge in [0.15, 0.2) is 5.84 Å². The first-order valence-corrected chi connectivity index (χ1v) is 6.14. The molecule has 0 aliphatic rings. The van der Waals surface area contributed by atoms with Crippen LogP contribution in [0, 0.1) is 0 Å². The van der Waals surface area contributed by atoms with Crippen LogP contribution < -0.4 is 10.6 Å². The molecule has 0 aliphatic carbocycles. The zero-order valence-corrected chi connectivity index (χ0v) is 11.5. The normalized spacial score (nSPS) is 11.6. The number of amidine groups is 1. The van der Waals surface area contributed by atoms with Crippen molar-refractivity contribution in [1.82, 2.24) is 0 Å². The van der Waals surface area contributed by atoms with E-state index in [1.165, 1.54) is 0 Å². The number of hydrogen-bond donors (Lipinski definition) is 3. The third kappa shape index (κ3) is 3.99. The number of ether oxygens (including phenoxy) is 1. The summed E-state index contributed by atoms with van der Waals surface area (Å²) in [7, 11) is 1.60. The van der Waals surface area contributed by atoms with Crippen LogP contribution in [0.3, 0.4) is 0 Å². The molecule has 1 rings (SSSR count). The minimum Gasteiger partial charge on any atom is -0.409 e. The Hall–Kier alpha value is -1.50. The fourth-order valence-electron chi connectivity index (χ4n) is 1.75. The Morgan fingerprint density at radius 3 is 2.79 bits per heavy atom. The van der Waals surface area contributed by atoms with Crippen LogP contribution in [0.1, 0.15) is 5.56 Å². The van der Waals surface area contributed by atoms with Crippen LogP contribution in [0.5, 0.6) is 0 Å². The number of anilines is 1. The number of aliphatic hydroxyl groups excluding tert-OH is 1. The summed E-state index contributed by atoms with van der Waals surface area (Å²) in [4.78, 5) is 1.86. The molecule has 0 aliphatic heterocycles. The maximum absolute atomic E-state index is 9.13. The van der Waals surface area contributed by atoms with Crippen molar-refractivity contribution in [3.63, 3.8) is 0 Å². The van der Waals surface area contributed by atoms with Crippen molar-refractivity contribution in [3.05, 3.63) is 28.8 Å². The van der Waals surface area contributed by atoms with Gasteiger partial charge in [-0.1, -0.05) is 22.8 Å². The molecule has 0 saturated heterocycles. The van der Waals surface area contributed by atoms with Gasteiger partial charge < -0.3 is 25.7 Å². The Labute approximate surface area is 117 Å². The van der Waals surface area contributed by atoms with Crippen molar-refractivity contribution in [1.29, 1.82) is 0 Å². The van der Waals surface area contributed by atoms with Gasteiger partial charge in [0.25, 0.3) is 0 Å². The minimum atomic E-state index is -0.0686. The van der Waals surface area contributed by atoms with Crippen molar-refractivity contribution in [2.24, 2.45) is 10.9 Å². The van der Waals surface area contributed by atoms with Gasteiger partial charge in [-0.3, -0.25) is 0 Å². The smallest absolute Gasteiger partial charge is 0.173 e. The summed E-state index contributed by atoms with van der Waals surface area (Å²) in [6.45, 7) is 1.42. The van der Waals surface area contributed by atoms with Gasteiger partial charge in [0, 0.05) is 25.9 Å². The van der Waals surface area contributed by atoms with Crippen LogP contribution in [0.15, 0.2) is 23.4 Å². The molecule has 0 aromatic heterocycles. The number of nitrogens with zero attached hydrogens (tertiary/aromatic N) is 2. The molecule has 0 radical (unpaired) electrons. The van der Waals surface area contributed by atoms with Gasteiger partial charge in [-0.25, -0.2) is 0 Å². The number of hydrogen-bond acceptors (Lipinski definition) is 5. The lowest BCUT2D eigenvalue weighted by Crippen LogP contribution is -2.32. The summed E-state index contributed by atoms with van der Waals surface area (Å²) < 4.78 is 5.03. The Morgan fingerprint density at radius 2 is 2.21 bits per heavy atom. The second-order valence-electron chi connectivity index (χ2n) is 3.82. The molecule has 1 aromatic rings. The number of nitrogens with two attached hydrogens (primary N) is 1. The number of aliphatic hydroxyl groups is 1. The molecule has 0 atom stereocenters. The van der Waals surface area contributed by atoms with Gasteiger partial charge in [0.1, 0.15) is 0 Å². The van der Waals surface area contributed by atoms with E-state index in [1.54, 1.807) is 25.3 Å². The summed E-state index contributed by atoms with van der Waals surface area (Å²) in [6.07, 6.45) is 0. The van der Waals surface area contributed by atoms with E-state index in [-0.39, 0.29) is 12.4 Å². The Balaban J connectivity index is 3.17. The van der Waals surface area contributed by atoms with E-state index in [1.807, 2.05) is 4.90 Å². The number of rotatable bonds is 7. The zero-order valence-electron chi connectivity index (χ0n) is 10.7. The molecule has 0 spiro atoms. The number of methoxy groups -OCH3 is 1. The predicted octanol–water partition coefficient (Wildman–Crippen LogP) is 0.880. The van der Waals surface area contributed by atoms with E-state index in [4.69, 9.17) is 32.4 Å². The average molecular weight is 288 g/mol. The minimum absolute atomic E-state index is 0.0220. The zero-order chi connectivity index (χ0) is 14.3. The molecule has 0 heterocycles. The van der Waals surface area contributed by atoms with Crippen molar-refractivity contribution in [2.75, 3.05) is 38.3 Å². The Bertz CT molecular complexity index is 440. The second kappa shape index (κ2) is 7.83. The highest BCUT2D eigenvalue weighted by molar-refractivity contribution is 6.34. The van der Waals surface area contributed by atoms with Gasteiger partial charge in [0.2, 0.25) is 0 Å². The van der Waals surface area contributed by atoms with Crippen molar-refractivity contribution >= 4 is 23.1 Å². The van der Waals surface area contributed by atoms with Gasteiger partial charge in [-0.2, -0.15) is 0 Å². The molecule has 7 heteroatoms. The van der Waals surface area contributed by atoms with Crippen LogP contribution in [0.4, 0.5) is 5.69 Å². The summed E-state index contributed by atoms with van der Waals surface area (Å²) in [5.41, 5.74) is 6.78. The van der Waals surface area contributed by atoms with Crippen LogP contribution in [-0.2, 0) is 4.74 Å². The molecule has 0 bridgehead atoms. The molecule has 6 nitrogen and oxygen atoms in total. The lowest BCUT2D eigenvalue weighted by molar-refractivity contribution is 0.203. The third-order valence-corrected chi connectivity index (χ3v) is 2.95. The quantitative estimate of drug-likeness (QED) is 0.300. The Morgan fingerprint density at radius 1 is 1.47 bits per heavy atom. The molecule has 0 fully saturated rings. The van der Waals surface area contributed by atoms with E-state index >= 15 is 0 Å². The molecule has 106 valence electrons. The lowest BCUT2D eigenvalue weighted by Gasteiger charge is -2.26. The predicted molar refractivity (Wildman–Crippen MR) is 75.1 cm³/mol. The first-order chi connectivity index (χ1) is 9.15. The van der Waals surface area contributed by atoms with Crippen LogP contribution >= 0.6 is 11.6 Å². The molecule has 1 aromatic carbocycles. The van der Waals surface area contributed by atoms with E-state index in [0.29, 0.717) is 36.0 Å². The maximum Gasteiger partial charge on any atom is 0.173 e. The first kappa shape index (κ1) is 15.6. The van der Waals surface area contributed by atoms with E-state index in [9.17, 15) is 0 Å². The van der Waals surface area contributed by atoms with Gasteiger partial charge in [-0.15, -0.1) is 0 Å². The summed E-state index contributed by atoms with van der Waals surface area (Å²) in [6, 6.07) is 5.22. The third-order valence-electron chi connectivity index (χ3n) is 2.63. The van der Waals surface area contributed by atoms with Crippen LogP contribution in [0.25, 0.3) is 0 Å². The van der Waals surface area contributed by atoms with Crippen molar-refractivity contribution < 1.29 is 15.1 Å². The van der Waals surface area contributed by atoms with Gasteiger partial charge >= 0.3 is 0 Å². The SMILES string of the molecule is COCCN(CCO)c1cccc(Cl)c1/C(N)=N/O. The maximum atomic E-state index is 9.13. The standard InChI is InChI=1S/C12H18ClN3O3/c1-19-8-6-16(5-7-17)10-4-2-3-9(13)11(10)12(14)15-18/h2-4,17-18H,5-8H2,1H3,(H2,14,15). The second-order valence-corrected chi connectivity index (χ2v) is 4.23. The summed E-state index contributed by atoms with van der Waals surface area (Å²) in [5.74, 6) is -0.0686. The van der Waals surface area contributed by atoms with Crippen molar-refractivity contribution in [2.45, 2.75) is 0 Å². The molecule has 19 heavy (non-hydrogen) atoms.